The fourth-order valence-corrected chi connectivity index (χ4v) is 3.05. The topological polar surface area (TPSA) is 49.4 Å². The van der Waals surface area contributed by atoms with Gasteiger partial charge >= 0.3 is 0 Å². The van der Waals surface area contributed by atoms with E-state index >= 15 is 0 Å². The van der Waals surface area contributed by atoms with Crippen molar-refractivity contribution < 1.29 is 9.59 Å². The molecule has 1 fully saturated rings. The van der Waals surface area contributed by atoms with E-state index in [1.165, 1.54) is 6.92 Å². The van der Waals surface area contributed by atoms with Crippen LogP contribution < -0.4 is 5.32 Å². The number of hydrogen-bond acceptors (Lipinski definition) is 3. The third-order valence-electron chi connectivity index (χ3n) is 2.91. The number of benzene rings is 1. The number of rotatable bonds is 2. The molecule has 2 rings (SSSR count). The fourth-order valence-electron chi connectivity index (χ4n) is 1.83. The normalized spacial score (nSPS) is 18.8. The molecule has 1 atom stereocenters. The molecule has 0 aliphatic carbocycles. The van der Waals surface area contributed by atoms with Crippen molar-refractivity contribution >= 4 is 29.3 Å². The van der Waals surface area contributed by atoms with Crippen LogP contribution in [0.15, 0.2) is 24.3 Å². The van der Waals surface area contributed by atoms with Crippen LogP contribution in [0.1, 0.15) is 12.5 Å². The summed E-state index contributed by atoms with van der Waals surface area (Å²) in [7, 11) is 0. The zero-order valence-electron chi connectivity index (χ0n) is 10.5. The van der Waals surface area contributed by atoms with Crippen LogP contribution in [0.5, 0.6) is 0 Å². The monoisotopic (exact) mass is 264 g/mol. The first kappa shape index (κ1) is 13.0. The van der Waals surface area contributed by atoms with Crippen molar-refractivity contribution in [2.24, 2.45) is 0 Å². The number of amides is 2. The third-order valence-corrected chi connectivity index (χ3v) is 3.92. The molecule has 2 amide bonds. The van der Waals surface area contributed by atoms with Crippen LogP contribution in [0.2, 0.25) is 0 Å². The second-order valence-corrected chi connectivity index (χ2v) is 5.36. The van der Waals surface area contributed by atoms with Crippen molar-refractivity contribution in [2.75, 3.05) is 16.9 Å². The van der Waals surface area contributed by atoms with E-state index in [9.17, 15) is 9.59 Å². The Bertz CT molecular complexity index is 459. The molecule has 18 heavy (non-hydrogen) atoms. The summed E-state index contributed by atoms with van der Waals surface area (Å²) < 4.78 is 0. The maximum absolute atomic E-state index is 12.1. The first-order chi connectivity index (χ1) is 8.58. The van der Waals surface area contributed by atoms with Crippen molar-refractivity contribution in [3.63, 3.8) is 0 Å². The van der Waals surface area contributed by atoms with Crippen LogP contribution in [0, 0.1) is 6.92 Å². The van der Waals surface area contributed by atoms with E-state index in [0.29, 0.717) is 11.6 Å². The van der Waals surface area contributed by atoms with Gasteiger partial charge in [0.15, 0.2) is 0 Å². The minimum atomic E-state index is -0.353. The van der Waals surface area contributed by atoms with Gasteiger partial charge in [-0.15, -0.1) is 11.8 Å². The number of aryl methyl sites for hydroxylation is 1. The second-order valence-electron chi connectivity index (χ2n) is 4.36. The Kier molecular flexibility index (Phi) is 3.91. The largest absolute Gasteiger partial charge is 0.324 e. The molecule has 0 aromatic heterocycles. The van der Waals surface area contributed by atoms with Crippen LogP contribution in [0.25, 0.3) is 0 Å². The van der Waals surface area contributed by atoms with Crippen LogP contribution in [-0.2, 0) is 9.59 Å². The van der Waals surface area contributed by atoms with E-state index < -0.39 is 0 Å². The van der Waals surface area contributed by atoms with E-state index in [0.717, 1.165) is 11.3 Å². The summed E-state index contributed by atoms with van der Waals surface area (Å²) in [5, 5.41) is 2.85. The van der Waals surface area contributed by atoms with Crippen LogP contribution in [0.4, 0.5) is 5.69 Å². The minimum absolute atomic E-state index is 0.0518. The Morgan fingerprint density at radius 1 is 1.33 bits per heavy atom. The molecule has 1 unspecified atom stereocenters. The maximum Gasteiger partial charge on any atom is 0.248 e. The summed E-state index contributed by atoms with van der Waals surface area (Å²) in [6, 6.07) is 7.28. The Hall–Kier alpha value is -1.49. The molecule has 5 heteroatoms. The van der Waals surface area contributed by atoms with Gasteiger partial charge in [0.25, 0.3) is 0 Å². The molecule has 1 aliphatic heterocycles. The van der Waals surface area contributed by atoms with E-state index in [1.54, 1.807) is 16.7 Å². The summed E-state index contributed by atoms with van der Waals surface area (Å²) in [5.41, 5.74) is 1.92. The maximum atomic E-state index is 12.1. The Morgan fingerprint density at radius 2 is 2.00 bits per heavy atom. The predicted molar refractivity (Wildman–Crippen MR) is 73.4 cm³/mol. The Labute approximate surface area is 111 Å². The van der Waals surface area contributed by atoms with Gasteiger partial charge < -0.3 is 10.2 Å². The van der Waals surface area contributed by atoms with Crippen molar-refractivity contribution in [2.45, 2.75) is 19.9 Å². The predicted octanol–water partition coefficient (Wildman–Crippen LogP) is 1.85. The lowest BCUT2D eigenvalue weighted by molar-refractivity contribution is -0.134. The van der Waals surface area contributed by atoms with Gasteiger partial charge in [0, 0.05) is 18.4 Å². The standard InChI is InChI=1S/C13H16N2O2S/c1-9-3-5-11(6-4-9)14-13(17)12-7-18-8-15(12)10(2)16/h3-6,12H,7-8H2,1-2H3,(H,14,17). The highest BCUT2D eigenvalue weighted by atomic mass is 32.2. The quantitative estimate of drug-likeness (QED) is 0.887. The summed E-state index contributed by atoms with van der Waals surface area (Å²) in [4.78, 5) is 25.1. The van der Waals surface area contributed by atoms with Gasteiger partial charge in [0.2, 0.25) is 11.8 Å². The molecule has 0 spiro atoms. The average molecular weight is 264 g/mol. The lowest BCUT2D eigenvalue weighted by atomic mass is 10.2. The van der Waals surface area contributed by atoms with Crippen molar-refractivity contribution in [1.29, 1.82) is 0 Å². The van der Waals surface area contributed by atoms with Gasteiger partial charge in [-0.05, 0) is 19.1 Å². The van der Waals surface area contributed by atoms with E-state index in [4.69, 9.17) is 0 Å². The number of nitrogens with zero attached hydrogens (tertiary/aromatic N) is 1. The SMILES string of the molecule is CC(=O)N1CSCC1C(=O)Nc1ccc(C)cc1. The van der Waals surface area contributed by atoms with E-state index in [-0.39, 0.29) is 17.9 Å². The fraction of sp³-hybridized carbons (Fsp3) is 0.385. The summed E-state index contributed by atoms with van der Waals surface area (Å²) >= 11 is 1.60. The second kappa shape index (κ2) is 5.44. The van der Waals surface area contributed by atoms with Gasteiger partial charge in [-0.25, -0.2) is 0 Å². The highest BCUT2D eigenvalue weighted by Crippen LogP contribution is 2.22. The molecule has 0 radical (unpaired) electrons. The van der Waals surface area contributed by atoms with Gasteiger partial charge in [-0.1, -0.05) is 17.7 Å². The summed E-state index contributed by atoms with van der Waals surface area (Å²) in [6.45, 7) is 3.49. The zero-order chi connectivity index (χ0) is 13.1. The van der Waals surface area contributed by atoms with E-state index in [2.05, 4.69) is 5.32 Å². The lowest BCUT2D eigenvalue weighted by Gasteiger charge is -2.21. The molecule has 4 nitrogen and oxygen atoms in total. The molecule has 0 bridgehead atoms. The number of anilines is 1. The van der Waals surface area contributed by atoms with Crippen LogP contribution in [0.3, 0.4) is 0 Å². The number of thioether (sulfide) groups is 1. The molecule has 0 saturated carbocycles. The summed E-state index contributed by atoms with van der Waals surface area (Å²) in [5.74, 6) is 1.10. The minimum Gasteiger partial charge on any atom is -0.324 e. The molecule has 1 heterocycles. The van der Waals surface area contributed by atoms with Gasteiger partial charge in [0.1, 0.15) is 6.04 Å². The first-order valence-corrected chi connectivity index (χ1v) is 6.96. The lowest BCUT2D eigenvalue weighted by Crippen LogP contribution is -2.43. The Morgan fingerprint density at radius 3 is 2.61 bits per heavy atom. The number of hydrogen-bond donors (Lipinski definition) is 1. The zero-order valence-corrected chi connectivity index (χ0v) is 11.3. The Balaban J connectivity index is 2.03. The highest BCUT2D eigenvalue weighted by molar-refractivity contribution is 7.99. The van der Waals surface area contributed by atoms with Gasteiger partial charge in [-0.3, -0.25) is 9.59 Å². The van der Waals surface area contributed by atoms with Gasteiger partial charge in [-0.2, -0.15) is 0 Å². The summed E-state index contributed by atoms with van der Waals surface area (Å²) in [6.07, 6.45) is 0. The molecule has 1 aromatic rings. The third kappa shape index (κ3) is 2.85. The van der Waals surface area contributed by atoms with Crippen LogP contribution >= 0.6 is 11.8 Å². The number of nitrogens with one attached hydrogen (secondary N) is 1. The molecule has 1 N–H and O–H groups in total. The van der Waals surface area contributed by atoms with Crippen LogP contribution in [-0.4, -0.2) is 34.4 Å². The molecule has 1 aliphatic rings. The molecular formula is C13H16N2O2S. The molecule has 1 aromatic carbocycles. The first-order valence-electron chi connectivity index (χ1n) is 5.80. The van der Waals surface area contributed by atoms with Gasteiger partial charge in [0.05, 0.1) is 5.88 Å². The van der Waals surface area contributed by atoms with Crippen molar-refractivity contribution in [3.05, 3.63) is 29.8 Å². The molecular weight excluding hydrogens is 248 g/mol. The molecule has 1 saturated heterocycles. The number of carbonyl (C=O) groups is 2. The van der Waals surface area contributed by atoms with Crippen molar-refractivity contribution in [3.8, 4) is 0 Å². The smallest absolute Gasteiger partial charge is 0.248 e. The van der Waals surface area contributed by atoms with E-state index in [1.807, 2.05) is 31.2 Å². The number of carbonyl (C=O) groups excluding carboxylic acids is 2. The average Bonchev–Trinajstić information content (AvgIpc) is 2.81. The highest BCUT2D eigenvalue weighted by Gasteiger charge is 2.32. The van der Waals surface area contributed by atoms with Crippen molar-refractivity contribution in [1.82, 2.24) is 4.90 Å². The molecule has 96 valence electrons.